The van der Waals surface area contributed by atoms with Gasteiger partial charge < -0.3 is 15.2 Å². The summed E-state index contributed by atoms with van der Waals surface area (Å²) >= 11 is 0. The highest BCUT2D eigenvalue weighted by Crippen LogP contribution is 2.13. The van der Waals surface area contributed by atoms with E-state index in [0.29, 0.717) is 30.9 Å². The van der Waals surface area contributed by atoms with Gasteiger partial charge >= 0.3 is 5.97 Å². The maximum absolute atomic E-state index is 12.2. The third-order valence-electron chi connectivity index (χ3n) is 3.66. The molecule has 0 atom stereocenters. The van der Waals surface area contributed by atoms with E-state index in [1.165, 1.54) is 0 Å². The van der Waals surface area contributed by atoms with Crippen molar-refractivity contribution in [1.82, 2.24) is 5.32 Å². The zero-order valence-electron chi connectivity index (χ0n) is 14.5. The lowest BCUT2D eigenvalue weighted by molar-refractivity contribution is -0.137. The van der Waals surface area contributed by atoms with Crippen LogP contribution < -0.4 is 10.1 Å². The fourth-order valence-electron chi connectivity index (χ4n) is 2.51. The molecule has 0 aliphatic heterocycles. The number of carbonyl (C=O) groups excluding carboxylic acids is 1. The van der Waals surface area contributed by atoms with E-state index in [2.05, 4.69) is 5.32 Å². The van der Waals surface area contributed by atoms with Crippen LogP contribution in [0.5, 0.6) is 5.75 Å². The molecule has 25 heavy (non-hydrogen) atoms. The van der Waals surface area contributed by atoms with Crippen molar-refractivity contribution < 1.29 is 19.4 Å². The molecule has 0 saturated heterocycles. The number of amides is 1. The molecule has 2 N–H and O–H groups in total. The Morgan fingerprint density at radius 1 is 1.04 bits per heavy atom. The maximum atomic E-state index is 12.2. The molecule has 0 spiro atoms. The molecule has 0 heterocycles. The molecule has 0 saturated carbocycles. The number of benzene rings is 2. The van der Waals surface area contributed by atoms with Crippen molar-refractivity contribution in [2.45, 2.75) is 33.2 Å². The largest absolute Gasteiger partial charge is 0.494 e. The zero-order chi connectivity index (χ0) is 18.2. The molecular formula is C20H23NO4. The van der Waals surface area contributed by atoms with E-state index in [-0.39, 0.29) is 12.3 Å². The fraction of sp³-hybridized carbons (Fsp3) is 0.300. The minimum absolute atomic E-state index is 0.0965. The fourth-order valence-corrected chi connectivity index (χ4v) is 2.51. The van der Waals surface area contributed by atoms with E-state index in [4.69, 9.17) is 9.84 Å². The van der Waals surface area contributed by atoms with Gasteiger partial charge in [0.2, 0.25) is 0 Å². The second-order valence-electron chi connectivity index (χ2n) is 6.05. The highest BCUT2D eigenvalue weighted by atomic mass is 16.5. The van der Waals surface area contributed by atoms with Gasteiger partial charge in [-0.2, -0.15) is 0 Å². The van der Waals surface area contributed by atoms with Gasteiger partial charge in [0.15, 0.2) is 0 Å². The lowest BCUT2D eigenvalue weighted by Crippen LogP contribution is -2.22. The number of carboxylic acid groups (broad SMARTS) is 1. The number of ether oxygens (including phenoxy) is 1. The first-order chi connectivity index (χ1) is 11.9. The molecule has 0 bridgehead atoms. The molecular weight excluding hydrogens is 318 g/mol. The number of carboxylic acids is 1. The molecule has 1 amide bonds. The Morgan fingerprint density at radius 3 is 2.28 bits per heavy atom. The van der Waals surface area contributed by atoms with Crippen LogP contribution in [0.1, 0.15) is 39.9 Å². The molecule has 5 heteroatoms. The first-order valence-corrected chi connectivity index (χ1v) is 8.24. The third-order valence-corrected chi connectivity index (χ3v) is 3.66. The maximum Gasteiger partial charge on any atom is 0.303 e. The Bertz CT molecular complexity index is 718. The van der Waals surface area contributed by atoms with Crippen molar-refractivity contribution in [2.75, 3.05) is 6.61 Å². The van der Waals surface area contributed by atoms with Crippen LogP contribution in [0, 0.1) is 13.8 Å². The van der Waals surface area contributed by atoms with Crippen LogP contribution in [-0.2, 0) is 11.3 Å². The van der Waals surface area contributed by atoms with Crippen LogP contribution in [0.2, 0.25) is 0 Å². The molecule has 132 valence electrons. The summed E-state index contributed by atoms with van der Waals surface area (Å²) < 4.78 is 5.48. The van der Waals surface area contributed by atoms with Crippen LogP contribution in [0.4, 0.5) is 0 Å². The third kappa shape index (κ3) is 6.30. The first-order valence-electron chi connectivity index (χ1n) is 8.24. The van der Waals surface area contributed by atoms with Crippen molar-refractivity contribution in [3.05, 3.63) is 64.7 Å². The zero-order valence-corrected chi connectivity index (χ0v) is 14.5. The molecule has 0 radical (unpaired) electrons. The minimum Gasteiger partial charge on any atom is -0.494 e. The first kappa shape index (κ1) is 18.5. The number of hydrogen-bond donors (Lipinski definition) is 2. The van der Waals surface area contributed by atoms with Crippen molar-refractivity contribution >= 4 is 11.9 Å². The van der Waals surface area contributed by atoms with Crippen LogP contribution in [0.3, 0.4) is 0 Å². The van der Waals surface area contributed by atoms with Crippen LogP contribution in [0.25, 0.3) is 0 Å². The standard InChI is InChI=1S/C20H23NO4/c1-14-10-15(2)12-17(11-14)20(24)21-13-16-5-7-18(8-6-16)25-9-3-4-19(22)23/h5-8,10-12H,3-4,9,13H2,1-2H3,(H,21,24)(H,22,23). The summed E-state index contributed by atoms with van der Waals surface area (Å²) in [5.74, 6) is -0.228. The summed E-state index contributed by atoms with van der Waals surface area (Å²) in [5.41, 5.74) is 3.76. The molecule has 2 aromatic carbocycles. The summed E-state index contributed by atoms with van der Waals surface area (Å²) in [5, 5.41) is 11.5. The highest BCUT2D eigenvalue weighted by molar-refractivity contribution is 5.94. The number of aliphatic carboxylic acids is 1. The molecule has 0 unspecified atom stereocenters. The average molecular weight is 341 g/mol. The van der Waals surface area contributed by atoms with Crippen molar-refractivity contribution in [2.24, 2.45) is 0 Å². The molecule has 0 aliphatic carbocycles. The SMILES string of the molecule is Cc1cc(C)cc(C(=O)NCc2ccc(OCCCC(=O)O)cc2)c1. The monoisotopic (exact) mass is 341 g/mol. The number of carbonyl (C=O) groups is 2. The van der Waals surface area contributed by atoms with Gasteiger partial charge in [-0.05, 0) is 50.1 Å². The highest BCUT2D eigenvalue weighted by Gasteiger charge is 2.06. The Balaban J connectivity index is 1.82. The molecule has 0 fully saturated rings. The van der Waals surface area contributed by atoms with Gasteiger partial charge in [0, 0.05) is 18.5 Å². The summed E-state index contributed by atoms with van der Waals surface area (Å²) in [6.45, 7) is 4.75. The molecule has 2 rings (SSSR count). The predicted molar refractivity (Wildman–Crippen MR) is 95.9 cm³/mol. The molecule has 2 aromatic rings. The smallest absolute Gasteiger partial charge is 0.303 e. The van der Waals surface area contributed by atoms with Crippen molar-refractivity contribution in [3.8, 4) is 5.75 Å². The van der Waals surface area contributed by atoms with Crippen LogP contribution >= 0.6 is 0 Å². The predicted octanol–water partition coefficient (Wildman–Crippen LogP) is 3.48. The Hall–Kier alpha value is -2.82. The van der Waals surface area contributed by atoms with E-state index in [9.17, 15) is 9.59 Å². The van der Waals surface area contributed by atoms with Crippen LogP contribution in [0.15, 0.2) is 42.5 Å². The normalized spacial score (nSPS) is 10.3. The van der Waals surface area contributed by atoms with E-state index < -0.39 is 5.97 Å². The topological polar surface area (TPSA) is 75.6 Å². The Kier molecular flexibility index (Phi) is 6.57. The van der Waals surface area contributed by atoms with Gasteiger partial charge in [-0.3, -0.25) is 9.59 Å². The second kappa shape index (κ2) is 8.87. The van der Waals surface area contributed by atoms with Crippen molar-refractivity contribution in [3.63, 3.8) is 0 Å². The lowest BCUT2D eigenvalue weighted by Gasteiger charge is -2.09. The number of aryl methyl sites for hydroxylation is 2. The minimum atomic E-state index is -0.821. The van der Waals surface area contributed by atoms with Gasteiger partial charge in [0.05, 0.1) is 6.61 Å². The number of nitrogens with one attached hydrogen (secondary N) is 1. The summed E-state index contributed by atoms with van der Waals surface area (Å²) in [7, 11) is 0. The second-order valence-corrected chi connectivity index (χ2v) is 6.05. The molecule has 0 aromatic heterocycles. The lowest BCUT2D eigenvalue weighted by atomic mass is 10.1. The Labute approximate surface area is 147 Å². The van der Waals surface area contributed by atoms with Gasteiger partial charge in [-0.25, -0.2) is 0 Å². The van der Waals surface area contributed by atoms with E-state index in [1.807, 2.05) is 56.3 Å². The van der Waals surface area contributed by atoms with E-state index >= 15 is 0 Å². The van der Waals surface area contributed by atoms with Crippen LogP contribution in [-0.4, -0.2) is 23.6 Å². The van der Waals surface area contributed by atoms with Crippen molar-refractivity contribution in [1.29, 1.82) is 0 Å². The summed E-state index contributed by atoms with van der Waals surface area (Å²) in [4.78, 5) is 22.7. The van der Waals surface area contributed by atoms with E-state index in [0.717, 1.165) is 16.7 Å². The van der Waals surface area contributed by atoms with E-state index in [1.54, 1.807) is 0 Å². The summed E-state index contributed by atoms with van der Waals surface area (Å²) in [6, 6.07) is 13.2. The molecule has 5 nitrogen and oxygen atoms in total. The van der Waals surface area contributed by atoms with Gasteiger partial charge in [-0.1, -0.05) is 29.3 Å². The number of rotatable bonds is 8. The van der Waals surface area contributed by atoms with Gasteiger partial charge in [0.1, 0.15) is 5.75 Å². The van der Waals surface area contributed by atoms with Gasteiger partial charge in [-0.15, -0.1) is 0 Å². The Morgan fingerprint density at radius 2 is 1.68 bits per heavy atom. The van der Waals surface area contributed by atoms with Gasteiger partial charge in [0.25, 0.3) is 5.91 Å². The summed E-state index contributed by atoms with van der Waals surface area (Å²) in [6.07, 6.45) is 0.575. The number of hydrogen-bond acceptors (Lipinski definition) is 3. The average Bonchev–Trinajstić information content (AvgIpc) is 2.56. The quantitative estimate of drug-likeness (QED) is 0.721. The molecule has 0 aliphatic rings.